The largest absolute Gasteiger partial charge is 0.522 e. The number of amides is 1. The third-order valence-electron chi connectivity index (χ3n) is 6.35. The molecular formula is C21H24F4N2O4. The van der Waals surface area contributed by atoms with E-state index in [1.807, 2.05) is 0 Å². The van der Waals surface area contributed by atoms with Crippen LogP contribution in [0.5, 0.6) is 0 Å². The number of aryl methyl sites for hydroxylation is 1. The first kappa shape index (κ1) is 22.2. The maximum absolute atomic E-state index is 13.2. The highest BCUT2D eigenvalue weighted by Crippen LogP contribution is 2.60. The summed E-state index contributed by atoms with van der Waals surface area (Å²) in [4.78, 5) is 24.5. The summed E-state index contributed by atoms with van der Waals surface area (Å²) >= 11 is 0. The molecule has 4 saturated carbocycles. The lowest BCUT2D eigenvalue weighted by atomic mass is 9.44. The lowest BCUT2D eigenvalue weighted by Gasteiger charge is -2.70. The number of nitrogens with one attached hydrogen (secondary N) is 2. The van der Waals surface area contributed by atoms with E-state index in [-0.39, 0.29) is 54.6 Å². The summed E-state index contributed by atoms with van der Waals surface area (Å²) in [5.74, 6) is -0.789. The highest BCUT2D eigenvalue weighted by molar-refractivity contribution is 5.99. The quantitative estimate of drug-likeness (QED) is 0.453. The maximum Gasteiger partial charge on any atom is 0.522 e. The first-order chi connectivity index (χ1) is 14.5. The lowest BCUT2D eigenvalue weighted by molar-refractivity contribution is -0.357. The van der Waals surface area contributed by atoms with E-state index in [0.29, 0.717) is 30.4 Å². The van der Waals surface area contributed by atoms with Crippen molar-refractivity contribution in [3.05, 3.63) is 35.1 Å². The van der Waals surface area contributed by atoms with E-state index in [1.165, 1.54) is 18.2 Å². The number of ether oxygens (including phenoxy) is 2. The molecule has 2 N–H and O–H groups in total. The zero-order valence-electron chi connectivity index (χ0n) is 17.0. The van der Waals surface area contributed by atoms with Gasteiger partial charge in [0.05, 0.1) is 18.8 Å². The monoisotopic (exact) mass is 444 g/mol. The molecule has 1 aromatic carbocycles. The minimum absolute atomic E-state index is 0.109. The van der Waals surface area contributed by atoms with Crippen LogP contribution in [0, 0.1) is 12.7 Å². The zero-order chi connectivity index (χ0) is 22.4. The minimum atomic E-state index is -4.65. The van der Waals surface area contributed by atoms with Crippen LogP contribution < -0.4 is 10.6 Å². The summed E-state index contributed by atoms with van der Waals surface area (Å²) in [6.45, 7) is 1.63. The Hall–Kier alpha value is -2.04. The molecule has 0 spiro atoms. The van der Waals surface area contributed by atoms with Gasteiger partial charge < -0.3 is 15.4 Å². The van der Waals surface area contributed by atoms with Crippen molar-refractivity contribution in [2.24, 2.45) is 0 Å². The molecule has 31 heavy (non-hydrogen) atoms. The van der Waals surface area contributed by atoms with Crippen LogP contribution >= 0.6 is 0 Å². The number of benzene rings is 1. The Kier molecular flexibility index (Phi) is 5.60. The molecule has 4 fully saturated rings. The van der Waals surface area contributed by atoms with Gasteiger partial charge in [-0.2, -0.15) is 0 Å². The van der Waals surface area contributed by atoms with Crippen molar-refractivity contribution < 1.29 is 36.6 Å². The fraction of sp³-hybridized carbons (Fsp3) is 0.619. The molecule has 0 radical (unpaired) electrons. The van der Waals surface area contributed by atoms with Crippen molar-refractivity contribution in [2.45, 2.75) is 68.7 Å². The van der Waals surface area contributed by atoms with E-state index in [1.54, 1.807) is 6.92 Å². The number of ketones is 1. The van der Waals surface area contributed by atoms with Crippen molar-refractivity contribution in [1.82, 2.24) is 10.6 Å². The second-order valence-electron chi connectivity index (χ2n) is 8.97. The van der Waals surface area contributed by atoms with E-state index < -0.39 is 18.6 Å². The predicted molar refractivity (Wildman–Crippen MR) is 101 cm³/mol. The van der Waals surface area contributed by atoms with E-state index in [2.05, 4.69) is 15.4 Å². The third kappa shape index (κ3) is 4.91. The zero-order valence-corrected chi connectivity index (χ0v) is 17.0. The Morgan fingerprint density at radius 3 is 2.42 bits per heavy atom. The number of rotatable bonds is 9. The average molecular weight is 444 g/mol. The summed E-state index contributed by atoms with van der Waals surface area (Å²) in [7, 11) is 0. The molecule has 10 heteroatoms. The molecule has 4 aliphatic rings. The van der Waals surface area contributed by atoms with Crippen molar-refractivity contribution in [1.29, 1.82) is 0 Å². The number of hydrogen-bond acceptors (Lipinski definition) is 5. The molecule has 5 rings (SSSR count). The van der Waals surface area contributed by atoms with Crippen LogP contribution in [-0.4, -0.2) is 54.5 Å². The van der Waals surface area contributed by atoms with Crippen LogP contribution in [-0.2, 0) is 14.3 Å². The molecule has 0 aromatic heterocycles. The number of Topliss-reactive ketones (excluding diaryl/α,β-unsaturated/α-hetero) is 1. The molecule has 4 aliphatic carbocycles. The average Bonchev–Trinajstić information content (AvgIpc) is 2.56. The fourth-order valence-corrected chi connectivity index (χ4v) is 4.88. The Balaban J connectivity index is 1.12. The first-order valence-electron chi connectivity index (χ1n) is 10.2. The van der Waals surface area contributed by atoms with E-state index >= 15 is 0 Å². The highest BCUT2D eigenvalue weighted by Gasteiger charge is 2.68. The standard InChI is InChI=1S/C21H24F4N2O4/c1-12-4-13(22)2-3-16(12)17(28)7-26-19-9-20(10-19,11-19)27-18(29)8-30-14-5-15(6-14)31-21(23,24)25/h2-4,14-15,26H,5-11H2,1H3,(H,27,29). The molecular weight excluding hydrogens is 420 g/mol. The van der Waals surface area contributed by atoms with Crippen LogP contribution in [0.2, 0.25) is 0 Å². The van der Waals surface area contributed by atoms with Gasteiger partial charge in [0.2, 0.25) is 5.91 Å². The van der Waals surface area contributed by atoms with Gasteiger partial charge in [0, 0.05) is 29.5 Å². The third-order valence-corrected chi connectivity index (χ3v) is 6.35. The summed E-state index contributed by atoms with van der Waals surface area (Å²) in [5, 5.41) is 6.19. The molecule has 0 heterocycles. The number of halogens is 4. The maximum atomic E-state index is 13.2. The van der Waals surface area contributed by atoms with Crippen LogP contribution in [0.1, 0.15) is 48.0 Å². The van der Waals surface area contributed by atoms with Crippen LogP contribution in [0.4, 0.5) is 17.6 Å². The Morgan fingerprint density at radius 2 is 1.81 bits per heavy atom. The molecule has 2 bridgehead atoms. The Morgan fingerprint density at radius 1 is 1.13 bits per heavy atom. The first-order valence-corrected chi connectivity index (χ1v) is 10.2. The number of carbonyl (C=O) groups excluding carboxylic acids is 2. The van der Waals surface area contributed by atoms with Crippen LogP contribution in [0.3, 0.4) is 0 Å². The smallest absolute Gasteiger partial charge is 0.368 e. The molecule has 1 amide bonds. The second-order valence-corrected chi connectivity index (χ2v) is 8.97. The Labute approximate surface area is 176 Å². The van der Waals surface area contributed by atoms with Crippen molar-refractivity contribution in [2.75, 3.05) is 13.2 Å². The van der Waals surface area contributed by atoms with Crippen molar-refractivity contribution in [3.8, 4) is 0 Å². The van der Waals surface area contributed by atoms with Crippen molar-refractivity contribution in [3.63, 3.8) is 0 Å². The van der Waals surface area contributed by atoms with Crippen molar-refractivity contribution >= 4 is 11.7 Å². The van der Waals surface area contributed by atoms with Gasteiger partial charge in [0.25, 0.3) is 0 Å². The molecule has 0 atom stereocenters. The van der Waals surface area contributed by atoms with Crippen LogP contribution in [0.15, 0.2) is 18.2 Å². The second kappa shape index (κ2) is 7.83. The minimum Gasteiger partial charge on any atom is -0.368 e. The molecule has 0 unspecified atom stereocenters. The molecule has 170 valence electrons. The van der Waals surface area contributed by atoms with Gasteiger partial charge in [-0.15, -0.1) is 13.2 Å². The van der Waals surface area contributed by atoms with E-state index in [9.17, 15) is 27.2 Å². The van der Waals surface area contributed by atoms with Gasteiger partial charge >= 0.3 is 6.36 Å². The Bertz CT molecular complexity index is 863. The van der Waals surface area contributed by atoms with Gasteiger partial charge in [0.1, 0.15) is 12.4 Å². The summed E-state index contributed by atoms with van der Waals surface area (Å²) in [6, 6.07) is 4.08. The van der Waals surface area contributed by atoms with Gasteiger partial charge in [-0.1, -0.05) is 0 Å². The summed E-state index contributed by atoms with van der Waals surface area (Å²) < 4.78 is 58.7. The van der Waals surface area contributed by atoms with E-state index in [4.69, 9.17) is 4.74 Å². The van der Waals surface area contributed by atoms with E-state index in [0.717, 1.165) is 0 Å². The highest BCUT2D eigenvalue weighted by atomic mass is 19.4. The van der Waals surface area contributed by atoms with Gasteiger partial charge in [-0.3, -0.25) is 14.3 Å². The lowest BCUT2D eigenvalue weighted by Crippen LogP contribution is -2.83. The van der Waals surface area contributed by atoms with Crippen LogP contribution in [0.25, 0.3) is 0 Å². The summed E-state index contributed by atoms with van der Waals surface area (Å²) in [5.41, 5.74) is 0.605. The molecule has 0 saturated heterocycles. The number of hydrogen-bond donors (Lipinski definition) is 2. The van der Waals surface area contributed by atoms with Gasteiger partial charge in [0.15, 0.2) is 5.78 Å². The molecule has 6 nitrogen and oxygen atoms in total. The molecule has 1 aromatic rings. The predicted octanol–water partition coefficient (Wildman–Crippen LogP) is 2.78. The van der Waals surface area contributed by atoms with Gasteiger partial charge in [-0.25, -0.2) is 4.39 Å². The SMILES string of the molecule is Cc1cc(F)ccc1C(=O)CNC12CC(NC(=O)COC3CC(OC(F)(F)F)C3)(C1)C2. The van der Waals surface area contributed by atoms with Gasteiger partial charge in [-0.05, 0) is 49.9 Å². The number of carbonyl (C=O) groups is 2. The fourth-order valence-electron chi connectivity index (χ4n) is 4.88. The normalized spacial score (nSPS) is 31.3. The molecule has 0 aliphatic heterocycles. The topological polar surface area (TPSA) is 76.7 Å². The number of alkyl halides is 3. The summed E-state index contributed by atoms with van der Waals surface area (Å²) in [6.07, 6.45) is -3.62.